The maximum Gasteiger partial charge on any atom is 0.257 e. The predicted molar refractivity (Wildman–Crippen MR) is 110 cm³/mol. The van der Waals surface area contributed by atoms with E-state index in [1.165, 1.54) is 12.1 Å². The number of amides is 2. The Kier molecular flexibility index (Phi) is 7.67. The molecule has 0 fully saturated rings. The first kappa shape index (κ1) is 22.1. The van der Waals surface area contributed by atoms with Gasteiger partial charge in [0, 0.05) is 49.4 Å². The second-order valence-electron chi connectivity index (χ2n) is 6.40. The van der Waals surface area contributed by atoms with Gasteiger partial charge in [0.2, 0.25) is 0 Å². The zero-order chi connectivity index (χ0) is 21.5. The molecule has 2 amide bonds. The number of aromatic nitrogens is 1. The van der Waals surface area contributed by atoms with E-state index in [0.717, 1.165) is 28.7 Å². The van der Waals surface area contributed by atoms with E-state index in [0.29, 0.717) is 18.5 Å². The fourth-order valence-corrected chi connectivity index (χ4v) is 3.41. The van der Waals surface area contributed by atoms with Gasteiger partial charge in [0.15, 0.2) is 12.7 Å². The van der Waals surface area contributed by atoms with Crippen LogP contribution in [0.2, 0.25) is 5.02 Å². The quantitative estimate of drug-likeness (QED) is 0.600. The third-order valence-electron chi connectivity index (χ3n) is 4.10. The van der Waals surface area contributed by atoms with Crippen LogP contribution < -0.4 is 15.4 Å². The van der Waals surface area contributed by atoms with E-state index in [2.05, 4.69) is 22.2 Å². The Balaban J connectivity index is 1.35. The summed E-state index contributed by atoms with van der Waals surface area (Å²) in [6.07, 6.45) is 1.79. The van der Waals surface area contributed by atoms with E-state index in [9.17, 15) is 14.0 Å². The Morgan fingerprint density at radius 1 is 1.40 bits per heavy atom. The van der Waals surface area contributed by atoms with Crippen molar-refractivity contribution in [1.82, 2.24) is 15.6 Å². The zero-order valence-corrected chi connectivity index (χ0v) is 17.4. The van der Waals surface area contributed by atoms with Crippen LogP contribution in [0.5, 0.6) is 5.75 Å². The van der Waals surface area contributed by atoms with Crippen molar-refractivity contribution in [3.63, 3.8) is 0 Å². The van der Waals surface area contributed by atoms with Gasteiger partial charge in [0.1, 0.15) is 16.6 Å². The van der Waals surface area contributed by atoms with Crippen molar-refractivity contribution in [2.75, 3.05) is 13.2 Å². The summed E-state index contributed by atoms with van der Waals surface area (Å²) in [6.45, 7) is 3.77. The molecule has 1 atom stereocenters. The summed E-state index contributed by atoms with van der Waals surface area (Å²) in [7, 11) is 0. The molecule has 3 rings (SSSR count). The highest BCUT2D eigenvalue weighted by molar-refractivity contribution is 7.94. The predicted octanol–water partition coefficient (Wildman–Crippen LogP) is 3.04. The van der Waals surface area contributed by atoms with Crippen LogP contribution >= 0.6 is 23.6 Å². The lowest BCUT2D eigenvalue weighted by molar-refractivity contribution is -0.126. The maximum atomic E-state index is 13.3. The van der Waals surface area contributed by atoms with E-state index >= 15 is 0 Å². The average Bonchev–Trinajstić information content (AvgIpc) is 2.74. The van der Waals surface area contributed by atoms with E-state index < -0.39 is 11.9 Å². The summed E-state index contributed by atoms with van der Waals surface area (Å²) in [4.78, 5) is 28.4. The standard InChI is InChI=1S/C20H19ClFN3O4S/c1-12(25-19(27)17-9-13-3-2-7-24-20(13)30-29-17)6-8-23-18(26)11-28-14-4-5-15(21)16(22)10-14/h2-5,7,10,17H,1,6,8-9,11H2,(H,23,26)(H,25,27). The van der Waals surface area contributed by atoms with Gasteiger partial charge in [-0.05, 0) is 23.8 Å². The molecule has 0 saturated heterocycles. The molecule has 0 spiro atoms. The first-order valence-corrected chi connectivity index (χ1v) is 10.1. The summed E-state index contributed by atoms with van der Waals surface area (Å²) >= 11 is 6.67. The molecule has 2 aromatic rings. The number of fused-ring (bicyclic) bond motifs is 1. The third kappa shape index (κ3) is 6.19. The molecule has 0 aliphatic carbocycles. The number of nitrogens with zero attached hydrogens (tertiary/aromatic N) is 1. The highest BCUT2D eigenvalue weighted by Crippen LogP contribution is 2.30. The van der Waals surface area contributed by atoms with Crippen molar-refractivity contribution >= 4 is 35.5 Å². The summed E-state index contributed by atoms with van der Waals surface area (Å²) in [5.41, 5.74) is 1.40. The van der Waals surface area contributed by atoms with Crippen LogP contribution in [0.15, 0.2) is 53.8 Å². The Labute approximate surface area is 182 Å². The largest absolute Gasteiger partial charge is 0.484 e. The van der Waals surface area contributed by atoms with E-state index in [4.69, 9.17) is 20.5 Å². The maximum absolute atomic E-state index is 13.3. The molecule has 2 N–H and O–H groups in total. The van der Waals surface area contributed by atoms with Crippen molar-refractivity contribution < 1.29 is 22.9 Å². The summed E-state index contributed by atoms with van der Waals surface area (Å²) < 4.78 is 24.0. The second-order valence-corrected chi connectivity index (χ2v) is 7.55. The Hall–Kier alpha value is -2.62. The minimum Gasteiger partial charge on any atom is -0.484 e. The van der Waals surface area contributed by atoms with Gasteiger partial charge in [-0.25, -0.2) is 9.37 Å². The average molecular weight is 452 g/mol. The van der Waals surface area contributed by atoms with Crippen LogP contribution in [0.3, 0.4) is 0 Å². The third-order valence-corrected chi connectivity index (χ3v) is 5.26. The Bertz CT molecular complexity index is 959. The van der Waals surface area contributed by atoms with Crippen molar-refractivity contribution in [2.24, 2.45) is 0 Å². The number of hydrogen-bond acceptors (Lipinski definition) is 6. The second kappa shape index (κ2) is 10.4. The molecule has 7 nitrogen and oxygen atoms in total. The zero-order valence-electron chi connectivity index (χ0n) is 15.8. The van der Waals surface area contributed by atoms with Gasteiger partial charge in [-0.2, -0.15) is 0 Å². The number of hydrogen-bond donors (Lipinski definition) is 2. The number of halogens is 2. The van der Waals surface area contributed by atoms with Crippen LogP contribution in [0, 0.1) is 5.82 Å². The SMILES string of the molecule is C=C(CCNC(=O)COc1ccc(Cl)c(F)c1)NC(=O)C1Cc2cccnc2SO1. The van der Waals surface area contributed by atoms with Gasteiger partial charge in [0.25, 0.3) is 11.8 Å². The normalized spacial score (nSPS) is 15.1. The lowest BCUT2D eigenvalue weighted by Crippen LogP contribution is -2.38. The summed E-state index contributed by atoms with van der Waals surface area (Å²) in [6, 6.07) is 7.64. The monoisotopic (exact) mass is 451 g/mol. The minimum atomic E-state index is -0.647. The lowest BCUT2D eigenvalue weighted by atomic mass is 10.1. The Morgan fingerprint density at radius 2 is 2.23 bits per heavy atom. The van der Waals surface area contributed by atoms with E-state index in [1.54, 1.807) is 6.20 Å². The van der Waals surface area contributed by atoms with Gasteiger partial charge in [0.05, 0.1) is 5.02 Å². The van der Waals surface area contributed by atoms with Gasteiger partial charge >= 0.3 is 0 Å². The summed E-state index contributed by atoms with van der Waals surface area (Å²) in [5.74, 6) is -1.12. The van der Waals surface area contributed by atoms with Crippen LogP contribution in [-0.4, -0.2) is 36.1 Å². The van der Waals surface area contributed by atoms with Crippen molar-refractivity contribution in [3.05, 3.63) is 65.2 Å². The number of rotatable bonds is 8. The minimum absolute atomic E-state index is 0.0227. The van der Waals surface area contributed by atoms with Gasteiger partial charge in [-0.3, -0.25) is 13.8 Å². The number of ether oxygens (including phenoxy) is 1. The van der Waals surface area contributed by atoms with Crippen molar-refractivity contribution in [3.8, 4) is 5.75 Å². The molecule has 30 heavy (non-hydrogen) atoms. The molecule has 0 bridgehead atoms. The molecule has 158 valence electrons. The molecule has 1 aromatic carbocycles. The highest BCUT2D eigenvalue weighted by atomic mass is 35.5. The van der Waals surface area contributed by atoms with Crippen LogP contribution in [-0.2, 0) is 20.2 Å². The molecule has 1 aliphatic rings. The smallest absolute Gasteiger partial charge is 0.257 e. The number of carbonyl (C=O) groups excluding carboxylic acids is 2. The fourth-order valence-electron chi connectivity index (χ4n) is 2.56. The van der Waals surface area contributed by atoms with Crippen molar-refractivity contribution in [1.29, 1.82) is 0 Å². The molecule has 1 aliphatic heterocycles. The van der Waals surface area contributed by atoms with Crippen molar-refractivity contribution in [2.45, 2.75) is 24.0 Å². The molecular weight excluding hydrogens is 433 g/mol. The topological polar surface area (TPSA) is 89.6 Å². The van der Waals surface area contributed by atoms with Crippen LogP contribution in [0.4, 0.5) is 4.39 Å². The van der Waals surface area contributed by atoms with Gasteiger partial charge < -0.3 is 15.4 Å². The number of carbonyl (C=O) groups is 2. The first-order valence-electron chi connectivity index (χ1n) is 9.03. The molecule has 1 aromatic heterocycles. The number of benzene rings is 1. The van der Waals surface area contributed by atoms with Gasteiger partial charge in [-0.1, -0.05) is 24.2 Å². The highest BCUT2D eigenvalue weighted by Gasteiger charge is 2.27. The fraction of sp³-hybridized carbons (Fsp3) is 0.250. The first-order chi connectivity index (χ1) is 14.4. The number of pyridine rings is 1. The van der Waals surface area contributed by atoms with Crippen LogP contribution in [0.25, 0.3) is 0 Å². The van der Waals surface area contributed by atoms with Crippen LogP contribution in [0.1, 0.15) is 12.0 Å². The summed E-state index contributed by atoms with van der Waals surface area (Å²) in [5, 5.41) is 6.06. The van der Waals surface area contributed by atoms with E-state index in [1.807, 2.05) is 12.1 Å². The Morgan fingerprint density at radius 3 is 3.03 bits per heavy atom. The lowest BCUT2D eigenvalue weighted by Gasteiger charge is -2.22. The molecular formula is C20H19ClFN3O4S. The van der Waals surface area contributed by atoms with Gasteiger partial charge in [-0.15, -0.1) is 0 Å². The molecule has 0 saturated carbocycles. The van der Waals surface area contributed by atoms with E-state index in [-0.39, 0.29) is 35.7 Å². The molecule has 10 heteroatoms. The molecule has 0 radical (unpaired) electrons. The molecule has 2 heterocycles. The number of nitrogens with one attached hydrogen (secondary N) is 2. The molecule has 1 unspecified atom stereocenters.